The first-order valence-corrected chi connectivity index (χ1v) is 6.83. The Hall–Kier alpha value is -0.580. The van der Waals surface area contributed by atoms with E-state index in [0.29, 0.717) is 12.3 Å². The topological polar surface area (TPSA) is 49.3 Å². The van der Waals surface area contributed by atoms with Gasteiger partial charge in [-0.05, 0) is 31.4 Å². The number of carboxylic acids is 1. The third kappa shape index (κ3) is 4.66. The summed E-state index contributed by atoms with van der Waals surface area (Å²) >= 11 is 7.34. The van der Waals surface area contributed by atoms with Crippen LogP contribution in [0, 0.1) is 5.92 Å². The summed E-state index contributed by atoms with van der Waals surface area (Å²) in [5.74, 6) is -0.448. The van der Waals surface area contributed by atoms with E-state index in [1.165, 1.54) is 11.3 Å². The molecule has 1 heterocycles. The maximum Gasteiger partial charge on any atom is 0.320 e. The molecule has 0 saturated carbocycles. The van der Waals surface area contributed by atoms with Crippen LogP contribution in [-0.4, -0.2) is 17.1 Å². The average molecular weight is 276 g/mol. The number of aliphatic carboxylic acids is 1. The van der Waals surface area contributed by atoms with Gasteiger partial charge in [0.05, 0.1) is 4.34 Å². The lowest BCUT2D eigenvalue weighted by Crippen LogP contribution is -2.39. The Morgan fingerprint density at radius 2 is 2.12 bits per heavy atom. The fraction of sp³-hybridized carbons (Fsp3) is 0.583. The highest BCUT2D eigenvalue weighted by Crippen LogP contribution is 2.27. The Bertz CT molecular complexity index is 378. The van der Waals surface area contributed by atoms with Gasteiger partial charge in [0.1, 0.15) is 6.04 Å². The number of hydrogen-bond donors (Lipinski definition) is 2. The Kier molecular flexibility index (Phi) is 5.43. The fourth-order valence-corrected chi connectivity index (χ4v) is 2.73. The van der Waals surface area contributed by atoms with Crippen molar-refractivity contribution in [3.63, 3.8) is 0 Å². The third-order valence-corrected chi connectivity index (χ3v) is 3.89. The summed E-state index contributed by atoms with van der Waals surface area (Å²) in [5.41, 5.74) is 0. The molecular weight excluding hydrogens is 258 g/mol. The van der Waals surface area contributed by atoms with Gasteiger partial charge in [-0.1, -0.05) is 25.4 Å². The molecule has 0 radical (unpaired) electrons. The summed E-state index contributed by atoms with van der Waals surface area (Å²) in [6.45, 7) is 5.99. The van der Waals surface area contributed by atoms with Crippen molar-refractivity contribution < 1.29 is 9.90 Å². The van der Waals surface area contributed by atoms with E-state index in [4.69, 9.17) is 16.7 Å². The lowest BCUT2D eigenvalue weighted by molar-refractivity contribution is -0.140. The highest BCUT2D eigenvalue weighted by atomic mass is 35.5. The standard InChI is InChI=1S/C12H18ClNO2S/c1-7(2)6-9(12(15)16)14-8(3)10-4-5-11(13)17-10/h4-5,7-9,14H,6H2,1-3H3,(H,15,16). The summed E-state index contributed by atoms with van der Waals surface area (Å²) in [6, 6.07) is 3.26. The number of rotatable bonds is 6. The van der Waals surface area contributed by atoms with Gasteiger partial charge in [-0.15, -0.1) is 11.3 Å². The Balaban J connectivity index is 2.63. The van der Waals surface area contributed by atoms with Crippen molar-refractivity contribution in [1.82, 2.24) is 5.32 Å². The molecule has 1 rings (SSSR count). The quantitative estimate of drug-likeness (QED) is 0.835. The SMILES string of the molecule is CC(C)CC(NC(C)c1ccc(Cl)s1)C(=O)O. The summed E-state index contributed by atoms with van der Waals surface area (Å²) in [6.07, 6.45) is 0.624. The number of hydrogen-bond acceptors (Lipinski definition) is 3. The zero-order valence-electron chi connectivity index (χ0n) is 10.2. The van der Waals surface area contributed by atoms with E-state index < -0.39 is 12.0 Å². The van der Waals surface area contributed by atoms with Crippen molar-refractivity contribution in [3.8, 4) is 0 Å². The molecular formula is C12H18ClNO2S. The van der Waals surface area contributed by atoms with Crippen LogP contribution in [0.3, 0.4) is 0 Å². The third-order valence-electron chi connectivity index (χ3n) is 2.48. The summed E-state index contributed by atoms with van der Waals surface area (Å²) in [7, 11) is 0. The zero-order chi connectivity index (χ0) is 13.0. The summed E-state index contributed by atoms with van der Waals surface area (Å²) < 4.78 is 0.726. The second-order valence-corrected chi connectivity index (χ2v) is 6.30. The molecule has 2 atom stereocenters. The van der Waals surface area contributed by atoms with E-state index in [-0.39, 0.29) is 6.04 Å². The van der Waals surface area contributed by atoms with Gasteiger partial charge in [0.25, 0.3) is 0 Å². The van der Waals surface area contributed by atoms with Crippen LogP contribution in [0.2, 0.25) is 4.34 Å². The normalized spacial score (nSPS) is 14.9. The lowest BCUT2D eigenvalue weighted by atomic mass is 10.0. The predicted octanol–water partition coefficient (Wildman–Crippen LogP) is 3.55. The average Bonchev–Trinajstić information content (AvgIpc) is 2.63. The van der Waals surface area contributed by atoms with Gasteiger partial charge in [0.2, 0.25) is 0 Å². The molecule has 0 amide bonds. The number of halogens is 1. The molecule has 5 heteroatoms. The van der Waals surface area contributed by atoms with Crippen molar-refractivity contribution in [2.45, 2.75) is 39.3 Å². The minimum atomic E-state index is -0.798. The monoisotopic (exact) mass is 275 g/mol. The number of carboxylic acid groups (broad SMARTS) is 1. The van der Waals surface area contributed by atoms with Gasteiger partial charge in [-0.3, -0.25) is 10.1 Å². The van der Waals surface area contributed by atoms with Crippen molar-refractivity contribution in [3.05, 3.63) is 21.3 Å². The van der Waals surface area contributed by atoms with Crippen molar-refractivity contribution in [1.29, 1.82) is 0 Å². The van der Waals surface area contributed by atoms with Crippen LogP contribution in [0.4, 0.5) is 0 Å². The van der Waals surface area contributed by atoms with E-state index in [2.05, 4.69) is 5.32 Å². The van der Waals surface area contributed by atoms with Gasteiger partial charge >= 0.3 is 5.97 Å². The molecule has 0 aliphatic carbocycles. The lowest BCUT2D eigenvalue weighted by Gasteiger charge is -2.20. The van der Waals surface area contributed by atoms with E-state index in [1.807, 2.05) is 32.9 Å². The molecule has 2 N–H and O–H groups in total. The van der Waals surface area contributed by atoms with Gasteiger partial charge < -0.3 is 5.11 Å². The molecule has 0 saturated heterocycles. The molecule has 17 heavy (non-hydrogen) atoms. The van der Waals surface area contributed by atoms with Gasteiger partial charge in [-0.25, -0.2) is 0 Å². The van der Waals surface area contributed by atoms with Crippen LogP contribution in [0.15, 0.2) is 12.1 Å². The van der Waals surface area contributed by atoms with E-state index in [1.54, 1.807) is 0 Å². The van der Waals surface area contributed by atoms with Gasteiger partial charge in [0, 0.05) is 10.9 Å². The highest BCUT2D eigenvalue weighted by molar-refractivity contribution is 7.16. The van der Waals surface area contributed by atoms with E-state index in [0.717, 1.165) is 9.21 Å². The molecule has 1 aromatic heterocycles. The Morgan fingerprint density at radius 1 is 1.47 bits per heavy atom. The maximum atomic E-state index is 11.1. The van der Waals surface area contributed by atoms with Crippen LogP contribution in [0.1, 0.15) is 38.1 Å². The predicted molar refractivity (Wildman–Crippen MR) is 71.8 cm³/mol. The second-order valence-electron chi connectivity index (χ2n) is 4.55. The summed E-state index contributed by atoms with van der Waals surface area (Å²) in [4.78, 5) is 12.2. The van der Waals surface area contributed by atoms with Crippen LogP contribution >= 0.6 is 22.9 Å². The van der Waals surface area contributed by atoms with Crippen molar-refractivity contribution in [2.75, 3.05) is 0 Å². The van der Waals surface area contributed by atoms with Crippen LogP contribution in [-0.2, 0) is 4.79 Å². The maximum absolute atomic E-state index is 11.1. The highest BCUT2D eigenvalue weighted by Gasteiger charge is 2.21. The second kappa shape index (κ2) is 6.38. The first-order chi connectivity index (χ1) is 7.90. The zero-order valence-corrected chi connectivity index (χ0v) is 11.8. The molecule has 1 aromatic rings. The largest absolute Gasteiger partial charge is 0.480 e. The first-order valence-electron chi connectivity index (χ1n) is 5.64. The van der Waals surface area contributed by atoms with Crippen LogP contribution in [0.25, 0.3) is 0 Å². The molecule has 0 bridgehead atoms. The summed E-state index contributed by atoms with van der Waals surface area (Å²) in [5, 5.41) is 12.3. The molecule has 3 nitrogen and oxygen atoms in total. The Morgan fingerprint density at radius 3 is 2.53 bits per heavy atom. The number of nitrogens with one attached hydrogen (secondary N) is 1. The van der Waals surface area contributed by atoms with Crippen LogP contribution in [0.5, 0.6) is 0 Å². The van der Waals surface area contributed by atoms with Crippen LogP contribution < -0.4 is 5.32 Å². The molecule has 96 valence electrons. The Labute approximate surface area is 111 Å². The van der Waals surface area contributed by atoms with E-state index >= 15 is 0 Å². The molecule has 2 unspecified atom stereocenters. The molecule has 0 fully saturated rings. The minimum Gasteiger partial charge on any atom is -0.480 e. The van der Waals surface area contributed by atoms with Gasteiger partial charge in [0.15, 0.2) is 0 Å². The molecule has 0 aliphatic rings. The molecule has 0 aliphatic heterocycles. The first kappa shape index (κ1) is 14.5. The number of thiophene rings is 1. The van der Waals surface area contributed by atoms with Gasteiger partial charge in [-0.2, -0.15) is 0 Å². The smallest absolute Gasteiger partial charge is 0.320 e. The van der Waals surface area contributed by atoms with Crippen molar-refractivity contribution in [2.24, 2.45) is 5.92 Å². The molecule has 0 aromatic carbocycles. The minimum absolute atomic E-state index is 0.00681. The van der Waals surface area contributed by atoms with Crippen molar-refractivity contribution >= 4 is 28.9 Å². The molecule has 0 spiro atoms. The number of carbonyl (C=O) groups is 1. The van der Waals surface area contributed by atoms with E-state index in [9.17, 15) is 4.79 Å². The fourth-order valence-electron chi connectivity index (χ4n) is 1.66.